The van der Waals surface area contributed by atoms with Gasteiger partial charge in [0.1, 0.15) is 5.69 Å². The molecule has 1 fully saturated rings. The third-order valence-corrected chi connectivity index (χ3v) is 4.38. The Morgan fingerprint density at radius 3 is 2.81 bits per heavy atom. The number of rotatable bonds is 8. The molecule has 2 rings (SSSR count). The molecule has 0 aromatic carbocycles. The Morgan fingerprint density at radius 1 is 1.38 bits per heavy atom. The molecule has 0 aliphatic carbocycles. The fraction of sp³-hybridized carbons (Fsp3) is 0.875. The summed E-state index contributed by atoms with van der Waals surface area (Å²) >= 11 is 0. The van der Waals surface area contributed by atoms with Crippen molar-refractivity contribution < 1.29 is 4.74 Å². The molecule has 1 aromatic rings. The summed E-state index contributed by atoms with van der Waals surface area (Å²) in [6, 6.07) is 0. The average molecular weight is 294 g/mol. The highest BCUT2D eigenvalue weighted by molar-refractivity contribution is 4.90. The molecule has 21 heavy (non-hydrogen) atoms. The Morgan fingerprint density at radius 2 is 2.14 bits per heavy atom. The van der Waals surface area contributed by atoms with Crippen molar-refractivity contribution in [3.05, 3.63) is 11.9 Å². The molecule has 2 heterocycles. The minimum atomic E-state index is 0.549. The predicted molar refractivity (Wildman–Crippen MR) is 84.0 cm³/mol. The molecule has 120 valence electrons. The normalized spacial score (nSPS) is 19.0. The molecule has 0 bridgehead atoms. The summed E-state index contributed by atoms with van der Waals surface area (Å²) in [5.41, 5.74) is 0.920. The summed E-state index contributed by atoms with van der Waals surface area (Å²) in [5, 5.41) is 8.32. The van der Waals surface area contributed by atoms with Crippen molar-refractivity contribution >= 4 is 0 Å². The van der Waals surface area contributed by atoms with Crippen LogP contribution in [0.1, 0.15) is 45.2 Å². The minimum Gasteiger partial charge on any atom is -0.378 e. The van der Waals surface area contributed by atoms with Crippen molar-refractivity contribution in [1.29, 1.82) is 0 Å². The summed E-state index contributed by atoms with van der Waals surface area (Å²) in [5.74, 6) is 1.57. The van der Waals surface area contributed by atoms with Gasteiger partial charge in [0.05, 0.1) is 12.8 Å². The van der Waals surface area contributed by atoms with Crippen molar-refractivity contribution in [2.24, 2.45) is 11.8 Å². The first kappa shape index (κ1) is 16.4. The molecule has 0 radical (unpaired) electrons. The number of hydrogen-bond donors (Lipinski definition) is 0. The van der Waals surface area contributed by atoms with Crippen LogP contribution in [0.3, 0.4) is 0 Å². The van der Waals surface area contributed by atoms with E-state index in [1.54, 1.807) is 7.11 Å². The van der Waals surface area contributed by atoms with E-state index >= 15 is 0 Å². The molecule has 1 aromatic heterocycles. The van der Waals surface area contributed by atoms with Crippen LogP contribution in [0.5, 0.6) is 0 Å². The number of piperidine rings is 1. The van der Waals surface area contributed by atoms with Gasteiger partial charge in [-0.25, -0.2) is 0 Å². The van der Waals surface area contributed by atoms with Gasteiger partial charge in [-0.15, -0.1) is 5.10 Å². The van der Waals surface area contributed by atoms with Gasteiger partial charge in [0, 0.05) is 20.2 Å². The quantitative estimate of drug-likeness (QED) is 0.739. The van der Waals surface area contributed by atoms with E-state index in [9.17, 15) is 0 Å². The van der Waals surface area contributed by atoms with E-state index in [-0.39, 0.29) is 0 Å². The summed E-state index contributed by atoms with van der Waals surface area (Å²) in [7, 11) is 1.69. The van der Waals surface area contributed by atoms with Gasteiger partial charge in [-0.1, -0.05) is 25.5 Å². The minimum absolute atomic E-state index is 0.549. The third kappa shape index (κ3) is 5.40. The Hall–Kier alpha value is -0.940. The first-order valence-corrected chi connectivity index (χ1v) is 8.31. The van der Waals surface area contributed by atoms with Crippen LogP contribution in [0.2, 0.25) is 0 Å². The lowest BCUT2D eigenvalue weighted by molar-refractivity contribution is 0.150. The van der Waals surface area contributed by atoms with Gasteiger partial charge in [0.15, 0.2) is 0 Å². The lowest BCUT2D eigenvalue weighted by Crippen LogP contribution is -2.37. The first-order chi connectivity index (χ1) is 10.2. The van der Waals surface area contributed by atoms with Crippen molar-refractivity contribution in [1.82, 2.24) is 19.9 Å². The number of aromatic nitrogens is 3. The molecule has 0 saturated carbocycles. The third-order valence-electron chi connectivity index (χ3n) is 4.38. The smallest absolute Gasteiger partial charge is 0.108 e. The van der Waals surface area contributed by atoms with Gasteiger partial charge in [0.25, 0.3) is 0 Å². The highest BCUT2D eigenvalue weighted by atomic mass is 16.5. The second-order valence-electron chi connectivity index (χ2n) is 6.50. The molecule has 0 N–H and O–H groups in total. The van der Waals surface area contributed by atoms with Crippen LogP contribution in [0.4, 0.5) is 0 Å². The Labute approximate surface area is 128 Å². The molecule has 1 aliphatic heterocycles. The molecule has 0 spiro atoms. The zero-order valence-corrected chi connectivity index (χ0v) is 13.8. The fourth-order valence-electron chi connectivity index (χ4n) is 3.28. The van der Waals surface area contributed by atoms with E-state index < -0.39 is 0 Å². The van der Waals surface area contributed by atoms with Gasteiger partial charge in [-0.2, -0.15) is 0 Å². The molecular formula is C16H30N4O. The maximum atomic E-state index is 5.08. The molecule has 1 aliphatic rings. The van der Waals surface area contributed by atoms with Crippen LogP contribution in [-0.2, 0) is 17.9 Å². The fourth-order valence-corrected chi connectivity index (χ4v) is 3.28. The molecule has 1 saturated heterocycles. The first-order valence-electron chi connectivity index (χ1n) is 8.31. The van der Waals surface area contributed by atoms with Crippen LogP contribution in [0.15, 0.2) is 6.20 Å². The Balaban J connectivity index is 1.70. The zero-order chi connectivity index (χ0) is 15.1. The van der Waals surface area contributed by atoms with E-state index in [0.29, 0.717) is 6.61 Å². The SMILES string of the molecule is CCC[C@@H](C)CN1CCC(Cn2cc(COC)nn2)CC1. The van der Waals surface area contributed by atoms with Crippen LogP contribution in [0.25, 0.3) is 0 Å². The van der Waals surface area contributed by atoms with E-state index in [0.717, 1.165) is 24.1 Å². The topological polar surface area (TPSA) is 43.2 Å². The molecule has 5 heteroatoms. The summed E-state index contributed by atoms with van der Waals surface area (Å²) in [6.07, 6.45) is 7.21. The Bertz CT molecular complexity index is 399. The lowest BCUT2D eigenvalue weighted by atomic mass is 9.95. The summed E-state index contributed by atoms with van der Waals surface area (Å²) in [6.45, 7) is 9.93. The highest BCUT2D eigenvalue weighted by Crippen LogP contribution is 2.20. The predicted octanol–water partition coefficient (Wildman–Crippen LogP) is 2.57. The molecule has 0 unspecified atom stereocenters. The maximum absolute atomic E-state index is 5.08. The van der Waals surface area contributed by atoms with Gasteiger partial charge in [0.2, 0.25) is 0 Å². The summed E-state index contributed by atoms with van der Waals surface area (Å²) in [4.78, 5) is 2.63. The average Bonchev–Trinajstić information content (AvgIpc) is 2.89. The molecule has 1 atom stereocenters. The maximum Gasteiger partial charge on any atom is 0.108 e. The Kier molecular flexibility index (Phi) is 6.64. The number of likely N-dealkylation sites (tertiary alicyclic amines) is 1. The van der Waals surface area contributed by atoms with Gasteiger partial charge in [-0.05, 0) is 44.2 Å². The van der Waals surface area contributed by atoms with Gasteiger partial charge in [-0.3, -0.25) is 4.68 Å². The number of hydrogen-bond acceptors (Lipinski definition) is 4. The van der Waals surface area contributed by atoms with Crippen LogP contribution in [0, 0.1) is 11.8 Å². The highest BCUT2D eigenvalue weighted by Gasteiger charge is 2.21. The van der Waals surface area contributed by atoms with Crippen LogP contribution in [-0.4, -0.2) is 46.6 Å². The van der Waals surface area contributed by atoms with E-state index in [4.69, 9.17) is 4.74 Å². The largest absolute Gasteiger partial charge is 0.378 e. The monoisotopic (exact) mass is 294 g/mol. The van der Waals surface area contributed by atoms with Gasteiger partial charge >= 0.3 is 0 Å². The van der Waals surface area contributed by atoms with Crippen LogP contribution < -0.4 is 0 Å². The van der Waals surface area contributed by atoms with Crippen molar-refractivity contribution in [2.45, 2.75) is 52.7 Å². The second kappa shape index (κ2) is 8.49. The lowest BCUT2D eigenvalue weighted by Gasteiger charge is -2.33. The van der Waals surface area contributed by atoms with Crippen LogP contribution >= 0.6 is 0 Å². The molecule has 5 nitrogen and oxygen atoms in total. The standard InChI is InChI=1S/C16H30N4O/c1-4-5-14(2)10-19-8-6-15(7-9-19)11-20-12-16(13-21-3)17-18-20/h12,14-15H,4-11,13H2,1-3H3/t14-/m1/s1. The van der Waals surface area contributed by atoms with E-state index in [1.807, 2.05) is 10.9 Å². The number of ether oxygens (including phenoxy) is 1. The van der Waals surface area contributed by atoms with Crippen molar-refractivity contribution in [3.8, 4) is 0 Å². The molecular weight excluding hydrogens is 264 g/mol. The zero-order valence-electron chi connectivity index (χ0n) is 13.8. The van der Waals surface area contributed by atoms with E-state index in [1.165, 1.54) is 45.3 Å². The summed E-state index contributed by atoms with van der Waals surface area (Å²) < 4.78 is 7.06. The van der Waals surface area contributed by atoms with Crippen molar-refractivity contribution in [3.63, 3.8) is 0 Å². The second-order valence-corrected chi connectivity index (χ2v) is 6.50. The number of nitrogens with zero attached hydrogens (tertiary/aromatic N) is 4. The number of methoxy groups -OCH3 is 1. The van der Waals surface area contributed by atoms with E-state index in [2.05, 4.69) is 29.1 Å². The van der Waals surface area contributed by atoms with Crippen molar-refractivity contribution in [2.75, 3.05) is 26.7 Å². The van der Waals surface area contributed by atoms with Gasteiger partial charge < -0.3 is 9.64 Å². The molecule has 0 amide bonds.